The van der Waals surface area contributed by atoms with Crippen molar-refractivity contribution in [1.82, 2.24) is 10.2 Å². The lowest BCUT2D eigenvalue weighted by atomic mass is 9.55. The zero-order valence-corrected chi connectivity index (χ0v) is 19.0. The van der Waals surface area contributed by atoms with Gasteiger partial charge in [0.2, 0.25) is 0 Å². The van der Waals surface area contributed by atoms with E-state index in [-0.39, 0.29) is 23.4 Å². The van der Waals surface area contributed by atoms with E-state index in [1.807, 2.05) is 0 Å². The minimum Gasteiger partial charge on any atom is -0.462 e. The average Bonchev–Trinajstić information content (AvgIpc) is 3.06. The van der Waals surface area contributed by atoms with Gasteiger partial charge in [-0.05, 0) is 74.9 Å². The van der Waals surface area contributed by atoms with Crippen LogP contribution in [0.3, 0.4) is 0 Å². The Kier molecular flexibility index (Phi) is 5.96. The molecule has 0 aromatic heterocycles. The third-order valence-corrected chi connectivity index (χ3v) is 8.78. The Labute approximate surface area is 187 Å². The zero-order chi connectivity index (χ0) is 21.4. The van der Waals surface area contributed by atoms with Crippen molar-refractivity contribution >= 4 is 5.97 Å². The maximum atomic E-state index is 12.8. The topological polar surface area (TPSA) is 41.6 Å². The second kappa shape index (κ2) is 8.71. The molecule has 31 heavy (non-hydrogen) atoms. The predicted molar refractivity (Wildman–Crippen MR) is 123 cm³/mol. The predicted octanol–water partition coefficient (Wildman–Crippen LogP) is 4.55. The molecule has 4 heteroatoms. The molecule has 168 valence electrons. The molecule has 0 radical (unpaired) electrons. The van der Waals surface area contributed by atoms with Crippen molar-refractivity contribution in [3.63, 3.8) is 0 Å². The Bertz CT molecular complexity index is 801. The molecule has 2 aliphatic heterocycles. The van der Waals surface area contributed by atoms with Crippen molar-refractivity contribution in [2.75, 3.05) is 19.6 Å². The molecular formula is C27H38N2O2. The van der Waals surface area contributed by atoms with Crippen LogP contribution in [-0.2, 0) is 16.1 Å². The molecule has 0 bridgehead atoms. The number of fused-ring (bicyclic) bond motifs is 2. The van der Waals surface area contributed by atoms with Crippen LogP contribution in [0.25, 0.3) is 0 Å². The molecule has 1 aromatic carbocycles. The molecule has 0 unspecified atom stereocenters. The Morgan fingerprint density at radius 2 is 2.00 bits per heavy atom. The molecule has 2 saturated carbocycles. The van der Waals surface area contributed by atoms with Gasteiger partial charge in [-0.25, -0.2) is 0 Å². The van der Waals surface area contributed by atoms with Crippen LogP contribution in [0.15, 0.2) is 42.5 Å². The number of rotatable bonds is 5. The molecule has 0 amide bonds. The summed E-state index contributed by atoms with van der Waals surface area (Å²) in [4.78, 5) is 15.3. The van der Waals surface area contributed by atoms with Crippen molar-refractivity contribution in [1.29, 1.82) is 0 Å². The standard InChI is InChI=1S/C27H38N2O2/c1-19-7-6-12-27(2)16-25-22(15-24(19)27)23(26(30)31-25)17-28-21-10-13-29(14-11-21)18-20-8-4-3-5-9-20/h3-5,8-9,21-25,28H,1,6-7,10-18H2,2H3/t22-,23-,24+,25-,27-/m1/s1. The summed E-state index contributed by atoms with van der Waals surface area (Å²) in [5.74, 6) is 0.996. The van der Waals surface area contributed by atoms with E-state index in [4.69, 9.17) is 4.74 Å². The summed E-state index contributed by atoms with van der Waals surface area (Å²) in [5, 5.41) is 3.75. The lowest BCUT2D eigenvalue weighted by Gasteiger charge is -2.50. The molecular weight excluding hydrogens is 384 g/mol. The summed E-state index contributed by atoms with van der Waals surface area (Å²) in [6.07, 6.45) is 8.21. The minimum atomic E-state index is 0.0200. The quantitative estimate of drug-likeness (QED) is 0.558. The van der Waals surface area contributed by atoms with E-state index < -0.39 is 0 Å². The van der Waals surface area contributed by atoms with Gasteiger partial charge in [0.15, 0.2) is 0 Å². The van der Waals surface area contributed by atoms with Crippen LogP contribution >= 0.6 is 0 Å². The Morgan fingerprint density at radius 3 is 2.77 bits per heavy atom. The van der Waals surface area contributed by atoms with Gasteiger partial charge in [-0.1, -0.05) is 49.4 Å². The number of ether oxygens (including phenoxy) is 1. The number of nitrogens with one attached hydrogen (secondary N) is 1. The van der Waals surface area contributed by atoms with E-state index in [0.29, 0.717) is 17.9 Å². The number of piperidine rings is 1. The number of allylic oxidation sites excluding steroid dienone is 1. The molecule has 1 N–H and O–H groups in total. The summed E-state index contributed by atoms with van der Waals surface area (Å²) in [6, 6.07) is 11.3. The van der Waals surface area contributed by atoms with Gasteiger partial charge in [-0.15, -0.1) is 0 Å². The third-order valence-electron chi connectivity index (χ3n) is 8.78. The van der Waals surface area contributed by atoms with Crippen molar-refractivity contribution in [3.05, 3.63) is 48.0 Å². The van der Waals surface area contributed by atoms with Gasteiger partial charge in [0.25, 0.3) is 0 Å². The fourth-order valence-corrected chi connectivity index (χ4v) is 6.92. The Hall–Kier alpha value is -1.65. The number of carbonyl (C=O) groups is 1. The van der Waals surface area contributed by atoms with E-state index in [1.54, 1.807) is 0 Å². The first kappa shape index (κ1) is 21.2. The van der Waals surface area contributed by atoms with Crippen molar-refractivity contribution in [3.8, 4) is 0 Å². The minimum absolute atomic E-state index is 0.0200. The second-order valence-corrected chi connectivity index (χ2v) is 10.8. The highest BCUT2D eigenvalue weighted by Crippen LogP contribution is 2.56. The summed E-state index contributed by atoms with van der Waals surface area (Å²) in [6.45, 7) is 10.9. The van der Waals surface area contributed by atoms with Crippen LogP contribution < -0.4 is 5.32 Å². The maximum Gasteiger partial charge on any atom is 0.310 e. The van der Waals surface area contributed by atoms with Crippen LogP contribution in [0.1, 0.15) is 57.4 Å². The number of benzene rings is 1. The molecule has 4 fully saturated rings. The first-order valence-corrected chi connectivity index (χ1v) is 12.4. The van der Waals surface area contributed by atoms with Crippen LogP contribution in [0.4, 0.5) is 0 Å². The van der Waals surface area contributed by atoms with E-state index in [1.165, 1.54) is 24.0 Å². The van der Waals surface area contributed by atoms with Gasteiger partial charge in [-0.3, -0.25) is 9.69 Å². The number of esters is 1. The normalized spacial score (nSPS) is 36.7. The summed E-state index contributed by atoms with van der Waals surface area (Å²) >= 11 is 0. The first-order valence-electron chi connectivity index (χ1n) is 12.4. The summed E-state index contributed by atoms with van der Waals surface area (Å²) < 4.78 is 5.93. The molecule has 1 aromatic rings. The summed E-state index contributed by atoms with van der Waals surface area (Å²) in [7, 11) is 0. The molecule has 2 aliphatic carbocycles. The average molecular weight is 423 g/mol. The van der Waals surface area contributed by atoms with Crippen molar-refractivity contribution in [2.24, 2.45) is 23.2 Å². The molecule has 0 spiro atoms. The van der Waals surface area contributed by atoms with Crippen LogP contribution in [0.5, 0.6) is 0 Å². The first-order chi connectivity index (χ1) is 15.0. The van der Waals surface area contributed by atoms with Gasteiger partial charge in [0.05, 0.1) is 5.92 Å². The van der Waals surface area contributed by atoms with Crippen molar-refractivity contribution < 1.29 is 9.53 Å². The number of hydrogen-bond donors (Lipinski definition) is 1. The molecule has 2 saturated heterocycles. The fourth-order valence-electron chi connectivity index (χ4n) is 6.92. The van der Waals surface area contributed by atoms with E-state index in [2.05, 4.69) is 54.1 Å². The molecule has 4 aliphatic rings. The number of carbonyl (C=O) groups excluding carboxylic acids is 1. The van der Waals surface area contributed by atoms with Gasteiger partial charge >= 0.3 is 5.97 Å². The van der Waals surface area contributed by atoms with Crippen LogP contribution in [0.2, 0.25) is 0 Å². The maximum absolute atomic E-state index is 12.8. The van der Waals surface area contributed by atoms with Gasteiger partial charge < -0.3 is 10.1 Å². The molecule has 2 heterocycles. The monoisotopic (exact) mass is 422 g/mol. The van der Waals surface area contributed by atoms with E-state index in [9.17, 15) is 4.79 Å². The largest absolute Gasteiger partial charge is 0.462 e. The third kappa shape index (κ3) is 4.34. The molecule has 5 rings (SSSR count). The van der Waals surface area contributed by atoms with E-state index in [0.717, 1.165) is 58.3 Å². The highest BCUT2D eigenvalue weighted by Gasteiger charge is 2.55. The number of nitrogens with zero attached hydrogens (tertiary/aromatic N) is 1. The van der Waals surface area contributed by atoms with Gasteiger partial charge in [-0.2, -0.15) is 0 Å². The smallest absolute Gasteiger partial charge is 0.310 e. The van der Waals surface area contributed by atoms with Gasteiger partial charge in [0, 0.05) is 25.0 Å². The van der Waals surface area contributed by atoms with Gasteiger partial charge in [0.1, 0.15) is 6.10 Å². The van der Waals surface area contributed by atoms with Crippen LogP contribution in [0, 0.1) is 23.2 Å². The fraction of sp³-hybridized carbons (Fsp3) is 0.667. The highest BCUT2D eigenvalue weighted by molar-refractivity contribution is 5.75. The van der Waals surface area contributed by atoms with Crippen LogP contribution in [-0.4, -0.2) is 42.6 Å². The Morgan fingerprint density at radius 1 is 1.23 bits per heavy atom. The number of likely N-dealkylation sites (tertiary alicyclic amines) is 1. The SMILES string of the molecule is C=C1CCC[C@]2(C)C[C@H]3OC(=O)[C@H](CNC4CCN(Cc5ccccc5)CC4)[C@H]3C[C@@H]12. The Balaban J connectivity index is 1.13. The molecule has 4 nitrogen and oxygen atoms in total. The summed E-state index contributed by atoms with van der Waals surface area (Å²) in [5.41, 5.74) is 3.09. The van der Waals surface area contributed by atoms with E-state index >= 15 is 0 Å². The lowest BCUT2D eigenvalue weighted by molar-refractivity contribution is -0.146. The zero-order valence-electron chi connectivity index (χ0n) is 19.0. The lowest BCUT2D eigenvalue weighted by Crippen LogP contribution is -2.47. The molecule has 5 atom stereocenters. The number of hydrogen-bond acceptors (Lipinski definition) is 4. The van der Waals surface area contributed by atoms with Crippen molar-refractivity contribution in [2.45, 2.75) is 70.6 Å². The second-order valence-electron chi connectivity index (χ2n) is 10.8. The highest BCUT2D eigenvalue weighted by atomic mass is 16.6.